The number of benzene rings is 1. The second kappa shape index (κ2) is 7.88. The van der Waals surface area contributed by atoms with Crippen molar-refractivity contribution in [3.05, 3.63) is 64.7 Å². The highest BCUT2D eigenvalue weighted by atomic mass is 35.5. The van der Waals surface area contributed by atoms with E-state index in [1.54, 1.807) is 18.5 Å². The lowest BCUT2D eigenvalue weighted by Crippen LogP contribution is -2.45. The minimum atomic E-state index is -0.284. The van der Waals surface area contributed by atoms with Gasteiger partial charge in [-0.25, -0.2) is 4.39 Å². The predicted molar refractivity (Wildman–Crippen MR) is 88.9 cm³/mol. The first-order chi connectivity index (χ1) is 10.2. The number of piperazine rings is 1. The Hall–Kier alpha value is -1.20. The third kappa shape index (κ3) is 4.17. The average molecular weight is 342 g/mol. The van der Waals surface area contributed by atoms with Crippen LogP contribution in [0.25, 0.3) is 0 Å². The lowest BCUT2D eigenvalue weighted by Gasteiger charge is -2.36. The molecule has 118 valence electrons. The van der Waals surface area contributed by atoms with Gasteiger partial charge >= 0.3 is 0 Å². The summed E-state index contributed by atoms with van der Waals surface area (Å²) in [6.45, 7) is 3.42. The van der Waals surface area contributed by atoms with Crippen LogP contribution in [0.5, 0.6) is 0 Å². The molecule has 1 atom stereocenters. The zero-order valence-corrected chi connectivity index (χ0v) is 13.6. The topological polar surface area (TPSA) is 28.2 Å². The van der Waals surface area contributed by atoms with Gasteiger partial charge in [-0.15, -0.1) is 12.4 Å². The quantitative estimate of drug-likeness (QED) is 0.926. The highest BCUT2D eigenvalue weighted by Gasteiger charge is 2.23. The molecule has 0 bridgehead atoms. The molecule has 0 radical (unpaired) electrons. The lowest BCUT2D eigenvalue weighted by molar-refractivity contribution is 0.153. The van der Waals surface area contributed by atoms with E-state index < -0.39 is 0 Å². The molecular weight excluding hydrogens is 324 g/mol. The summed E-state index contributed by atoms with van der Waals surface area (Å²) in [5, 5.41) is 3.85. The van der Waals surface area contributed by atoms with Gasteiger partial charge in [0.1, 0.15) is 5.82 Å². The second-order valence-corrected chi connectivity index (χ2v) is 5.69. The number of rotatable bonds is 3. The first-order valence-electron chi connectivity index (χ1n) is 7.02. The molecule has 0 amide bonds. The first-order valence-corrected chi connectivity index (χ1v) is 7.40. The summed E-state index contributed by atoms with van der Waals surface area (Å²) in [6, 6.07) is 9.05. The van der Waals surface area contributed by atoms with Crippen molar-refractivity contribution in [2.45, 2.75) is 12.6 Å². The molecule has 0 aliphatic carbocycles. The third-order valence-electron chi connectivity index (χ3n) is 3.75. The van der Waals surface area contributed by atoms with Crippen molar-refractivity contribution in [2.75, 3.05) is 19.6 Å². The predicted octanol–water partition coefficient (Wildman–Crippen LogP) is 3.44. The van der Waals surface area contributed by atoms with Crippen molar-refractivity contribution >= 4 is 24.0 Å². The molecule has 1 unspecified atom stereocenters. The van der Waals surface area contributed by atoms with Gasteiger partial charge in [0.15, 0.2) is 0 Å². The molecular formula is C16H18Cl2FN3. The fourth-order valence-electron chi connectivity index (χ4n) is 2.79. The van der Waals surface area contributed by atoms with E-state index >= 15 is 0 Å². The van der Waals surface area contributed by atoms with Gasteiger partial charge in [0.25, 0.3) is 0 Å². The highest BCUT2D eigenvalue weighted by Crippen LogP contribution is 2.25. The molecule has 2 aromatic rings. The van der Waals surface area contributed by atoms with Gasteiger partial charge < -0.3 is 5.32 Å². The van der Waals surface area contributed by atoms with E-state index in [-0.39, 0.29) is 24.3 Å². The molecule has 1 aliphatic rings. The lowest BCUT2D eigenvalue weighted by atomic mass is 10.0. The summed E-state index contributed by atoms with van der Waals surface area (Å²) in [7, 11) is 0. The Kier molecular flexibility index (Phi) is 6.15. The Morgan fingerprint density at radius 3 is 2.77 bits per heavy atom. The van der Waals surface area contributed by atoms with E-state index in [1.165, 1.54) is 11.6 Å². The Morgan fingerprint density at radius 1 is 1.27 bits per heavy atom. The maximum atomic E-state index is 13.5. The minimum Gasteiger partial charge on any atom is -0.314 e. The summed E-state index contributed by atoms with van der Waals surface area (Å²) < 4.78 is 13.5. The van der Waals surface area contributed by atoms with Crippen molar-refractivity contribution in [1.29, 1.82) is 0 Å². The van der Waals surface area contributed by atoms with Gasteiger partial charge in [-0.3, -0.25) is 9.88 Å². The number of hydrogen-bond acceptors (Lipinski definition) is 3. The van der Waals surface area contributed by atoms with Crippen molar-refractivity contribution in [2.24, 2.45) is 0 Å². The molecule has 1 aromatic carbocycles. The van der Waals surface area contributed by atoms with E-state index in [0.717, 1.165) is 25.2 Å². The number of nitrogens with zero attached hydrogens (tertiary/aromatic N) is 2. The fraction of sp³-hybridized carbons (Fsp3) is 0.312. The first kappa shape index (κ1) is 17.2. The Morgan fingerprint density at radius 2 is 2.05 bits per heavy atom. The van der Waals surface area contributed by atoms with Crippen LogP contribution >= 0.6 is 24.0 Å². The SMILES string of the molecule is Cl.Fc1cc(Cl)cc(CN2CCNCC2c2ccncc2)c1. The van der Waals surface area contributed by atoms with Crippen molar-refractivity contribution < 1.29 is 4.39 Å². The van der Waals surface area contributed by atoms with Crippen LogP contribution in [0.1, 0.15) is 17.2 Å². The molecule has 3 nitrogen and oxygen atoms in total. The van der Waals surface area contributed by atoms with Crippen molar-refractivity contribution in [1.82, 2.24) is 15.2 Å². The number of halogens is 3. The van der Waals surface area contributed by atoms with Gasteiger partial charge in [-0.05, 0) is 41.5 Å². The van der Waals surface area contributed by atoms with Crippen LogP contribution in [0.2, 0.25) is 5.02 Å². The smallest absolute Gasteiger partial charge is 0.125 e. The van der Waals surface area contributed by atoms with Gasteiger partial charge in [-0.2, -0.15) is 0 Å². The summed E-state index contributed by atoms with van der Waals surface area (Å²) in [5.74, 6) is -0.284. The van der Waals surface area contributed by atoms with Crippen LogP contribution in [-0.2, 0) is 6.54 Å². The Balaban J connectivity index is 0.00000176. The van der Waals surface area contributed by atoms with E-state index in [0.29, 0.717) is 11.6 Å². The summed E-state index contributed by atoms with van der Waals surface area (Å²) in [6.07, 6.45) is 3.61. The molecule has 1 N–H and O–H groups in total. The van der Waals surface area contributed by atoms with Gasteiger partial charge in [0.05, 0.1) is 0 Å². The zero-order valence-electron chi connectivity index (χ0n) is 12.0. The largest absolute Gasteiger partial charge is 0.314 e. The highest BCUT2D eigenvalue weighted by molar-refractivity contribution is 6.30. The average Bonchev–Trinajstić information content (AvgIpc) is 2.48. The van der Waals surface area contributed by atoms with Gasteiger partial charge in [-0.1, -0.05) is 11.6 Å². The molecule has 1 aromatic heterocycles. The molecule has 3 rings (SSSR count). The van der Waals surface area contributed by atoms with Crippen LogP contribution in [0.15, 0.2) is 42.7 Å². The van der Waals surface area contributed by atoms with Crippen LogP contribution in [0, 0.1) is 5.82 Å². The number of aromatic nitrogens is 1. The molecule has 22 heavy (non-hydrogen) atoms. The Labute approximate surface area is 140 Å². The number of pyridine rings is 1. The van der Waals surface area contributed by atoms with Crippen LogP contribution in [0.3, 0.4) is 0 Å². The summed E-state index contributed by atoms with van der Waals surface area (Å²) in [4.78, 5) is 6.41. The minimum absolute atomic E-state index is 0. The van der Waals surface area contributed by atoms with Gasteiger partial charge in [0.2, 0.25) is 0 Å². The molecule has 2 heterocycles. The zero-order chi connectivity index (χ0) is 14.7. The molecule has 1 fully saturated rings. The third-order valence-corrected chi connectivity index (χ3v) is 3.97. The fourth-order valence-corrected chi connectivity index (χ4v) is 3.03. The number of nitrogens with one attached hydrogen (secondary N) is 1. The van der Waals surface area contributed by atoms with E-state index in [4.69, 9.17) is 11.6 Å². The van der Waals surface area contributed by atoms with Crippen molar-refractivity contribution in [3.63, 3.8) is 0 Å². The molecule has 0 saturated carbocycles. The maximum Gasteiger partial charge on any atom is 0.125 e. The number of hydrogen-bond donors (Lipinski definition) is 1. The van der Waals surface area contributed by atoms with Crippen LogP contribution in [0.4, 0.5) is 4.39 Å². The van der Waals surface area contributed by atoms with Crippen LogP contribution in [-0.4, -0.2) is 29.5 Å². The molecule has 6 heteroatoms. The molecule has 0 spiro atoms. The standard InChI is InChI=1S/C16H17ClFN3.ClH/c17-14-7-12(8-15(18)9-14)11-21-6-5-20-10-16(21)13-1-3-19-4-2-13;/h1-4,7-9,16,20H,5-6,10-11H2;1H. The molecule has 1 aliphatic heterocycles. The summed E-state index contributed by atoms with van der Waals surface area (Å²) >= 11 is 5.94. The maximum absolute atomic E-state index is 13.5. The van der Waals surface area contributed by atoms with Gasteiger partial charge in [0, 0.05) is 49.6 Å². The van der Waals surface area contributed by atoms with E-state index in [2.05, 4.69) is 15.2 Å². The van der Waals surface area contributed by atoms with E-state index in [9.17, 15) is 4.39 Å². The van der Waals surface area contributed by atoms with E-state index in [1.807, 2.05) is 18.2 Å². The van der Waals surface area contributed by atoms with Crippen molar-refractivity contribution in [3.8, 4) is 0 Å². The summed E-state index contributed by atoms with van der Waals surface area (Å²) in [5.41, 5.74) is 2.13. The second-order valence-electron chi connectivity index (χ2n) is 5.25. The normalized spacial score (nSPS) is 18.7. The monoisotopic (exact) mass is 341 g/mol. The Bertz CT molecular complexity index is 589. The molecule has 1 saturated heterocycles. The van der Waals surface area contributed by atoms with Crippen LogP contribution < -0.4 is 5.32 Å².